The minimum Gasteiger partial charge on any atom is -0.481 e. The minimum absolute atomic E-state index is 0.0576. The number of ether oxygens (including phenoxy) is 1. The molecule has 0 amide bonds. The van der Waals surface area contributed by atoms with E-state index in [9.17, 15) is 14.7 Å². The largest absolute Gasteiger partial charge is 0.481 e. The standard InChI is InChI=1S/C18H26O4/c1-18(2,3)22-16(19)13-15(17(20)21)12-8-7-11-14-9-5-4-6-10-14/h4-6,9-10,15H,7-8,11-13H2,1-3H3,(H,20,21)/t15-/m0/s1. The van der Waals surface area contributed by atoms with Crippen LogP contribution in [-0.4, -0.2) is 22.6 Å². The molecule has 0 saturated heterocycles. The first-order valence-electron chi connectivity index (χ1n) is 7.76. The van der Waals surface area contributed by atoms with E-state index in [0.29, 0.717) is 6.42 Å². The van der Waals surface area contributed by atoms with Gasteiger partial charge in [-0.05, 0) is 45.6 Å². The molecule has 0 aliphatic carbocycles. The van der Waals surface area contributed by atoms with Crippen molar-refractivity contribution in [3.05, 3.63) is 35.9 Å². The molecule has 1 aromatic carbocycles. The molecule has 0 aliphatic rings. The van der Waals surface area contributed by atoms with Gasteiger partial charge in [0, 0.05) is 0 Å². The molecule has 4 nitrogen and oxygen atoms in total. The Morgan fingerprint density at radius 1 is 1.14 bits per heavy atom. The van der Waals surface area contributed by atoms with Gasteiger partial charge in [-0.25, -0.2) is 0 Å². The lowest BCUT2D eigenvalue weighted by Gasteiger charge is -2.21. The van der Waals surface area contributed by atoms with Crippen molar-refractivity contribution in [1.82, 2.24) is 0 Å². The number of unbranched alkanes of at least 4 members (excludes halogenated alkanes) is 1. The van der Waals surface area contributed by atoms with Gasteiger partial charge in [0.05, 0.1) is 12.3 Å². The summed E-state index contributed by atoms with van der Waals surface area (Å²) in [6, 6.07) is 10.1. The Morgan fingerprint density at radius 3 is 2.32 bits per heavy atom. The van der Waals surface area contributed by atoms with Crippen molar-refractivity contribution in [2.45, 2.75) is 58.5 Å². The maximum atomic E-state index is 11.7. The lowest BCUT2D eigenvalue weighted by atomic mass is 9.97. The Labute approximate surface area is 132 Å². The lowest BCUT2D eigenvalue weighted by molar-refractivity contribution is -0.160. The number of aliphatic carboxylic acids is 1. The van der Waals surface area contributed by atoms with Crippen molar-refractivity contribution in [3.8, 4) is 0 Å². The first kappa shape index (κ1) is 18.2. The maximum Gasteiger partial charge on any atom is 0.307 e. The second kappa shape index (κ2) is 8.57. The third-order valence-corrected chi connectivity index (χ3v) is 3.29. The Morgan fingerprint density at radius 2 is 1.77 bits per heavy atom. The molecule has 22 heavy (non-hydrogen) atoms. The number of carboxylic acid groups (broad SMARTS) is 1. The van der Waals surface area contributed by atoms with Crippen LogP contribution >= 0.6 is 0 Å². The number of hydrogen-bond acceptors (Lipinski definition) is 3. The van der Waals surface area contributed by atoms with Crippen LogP contribution < -0.4 is 0 Å². The van der Waals surface area contributed by atoms with Crippen LogP contribution in [0.3, 0.4) is 0 Å². The lowest BCUT2D eigenvalue weighted by Crippen LogP contribution is -2.27. The first-order valence-corrected chi connectivity index (χ1v) is 7.76. The van der Waals surface area contributed by atoms with Crippen LogP contribution in [0.5, 0.6) is 0 Å². The molecule has 0 aromatic heterocycles. The van der Waals surface area contributed by atoms with Crippen LogP contribution in [0.2, 0.25) is 0 Å². The summed E-state index contributed by atoms with van der Waals surface area (Å²) in [6.45, 7) is 5.33. The molecule has 1 N–H and O–H groups in total. The number of carbonyl (C=O) groups excluding carboxylic acids is 1. The fraction of sp³-hybridized carbons (Fsp3) is 0.556. The zero-order valence-electron chi connectivity index (χ0n) is 13.7. The molecule has 1 aromatic rings. The molecule has 1 atom stereocenters. The Kier molecular flexibility index (Phi) is 7.09. The molecule has 1 rings (SSSR count). The van der Waals surface area contributed by atoms with Crippen LogP contribution in [0.4, 0.5) is 0 Å². The Bertz CT molecular complexity index is 474. The van der Waals surface area contributed by atoms with Gasteiger partial charge in [0.2, 0.25) is 0 Å². The summed E-state index contributed by atoms with van der Waals surface area (Å²) < 4.78 is 5.19. The highest BCUT2D eigenvalue weighted by Gasteiger charge is 2.24. The Hall–Kier alpha value is -1.84. The van der Waals surface area contributed by atoms with E-state index in [2.05, 4.69) is 12.1 Å². The smallest absolute Gasteiger partial charge is 0.307 e. The van der Waals surface area contributed by atoms with Gasteiger partial charge in [0.15, 0.2) is 0 Å². The van der Waals surface area contributed by atoms with Crippen LogP contribution in [0.25, 0.3) is 0 Å². The van der Waals surface area contributed by atoms with E-state index in [0.717, 1.165) is 19.3 Å². The van der Waals surface area contributed by atoms with E-state index >= 15 is 0 Å². The predicted molar refractivity (Wildman–Crippen MR) is 85.6 cm³/mol. The van der Waals surface area contributed by atoms with Gasteiger partial charge in [0.1, 0.15) is 5.60 Å². The molecule has 0 saturated carbocycles. The van der Waals surface area contributed by atoms with Crippen LogP contribution in [0, 0.1) is 5.92 Å². The van der Waals surface area contributed by atoms with Crippen molar-refractivity contribution in [2.24, 2.45) is 5.92 Å². The summed E-state index contributed by atoms with van der Waals surface area (Å²) in [5, 5.41) is 9.23. The third-order valence-electron chi connectivity index (χ3n) is 3.29. The number of benzene rings is 1. The summed E-state index contributed by atoms with van der Waals surface area (Å²) in [7, 11) is 0. The molecule has 0 bridgehead atoms. The fourth-order valence-corrected chi connectivity index (χ4v) is 2.26. The summed E-state index contributed by atoms with van der Waals surface area (Å²) in [6.07, 6.45) is 3.08. The average Bonchev–Trinajstić information content (AvgIpc) is 2.41. The van der Waals surface area contributed by atoms with Crippen molar-refractivity contribution < 1.29 is 19.4 Å². The maximum absolute atomic E-state index is 11.7. The topological polar surface area (TPSA) is 63.6 Å². The average molecular weight is 306 g/mol. The summed E-state index contributed by atoms with van der Waals surface area (Å²) in [5.74, 6) is -2.03. The van der Waals surface area contributed by atoms with E-state index in [1.54, 1.807) is 20.8 Å². The predicted octanol–water partition coefficient (Wildman–Crippen LogP) is 3.83. The molecule has 0 fully saturated rings. The zero-order valence-corrected chi connectivity index (χ0v) is 13.7. The highest BCUT2D eigenvalue weighted by Crippen LogP contribution is 2.18. The van der Waals surface area contributed by atoms with Crippen molar-refractivity contribution in [3.63, 3.8) is 0 Å². The highest BCUT2D eigenvalue weighted by molar-refractivity contribution is 5.78. The van der Waals surface area contributed by atoms with E-state index in [-0.39, 0.29) is 6.42 Å². The molecule has 0 radical (unpaired) electrons. The number of esters is 1. The van der Waals surface area contributed by atoms with Gasteiger partial charge in [0.25, 0.3) is 0 Å². The molecule has 0 aliphatic heterocycles. The second-order valence-electron chi connectivity index (χ2n) is 6.56. The van der Waals surface area contributed by atoms with Crippen molar-refractivity contribution in [2.75, 3.05) is 0 Å². The van der Waals surface area contributed by atoms with Gasteiger partial charge in [-0.1, -0.05) is 36.8 Å². The van der Waals surface area contributed by atoms with Crippen LogP contribution in [-0.2, 0) is 20.7 Å². The van der Waals surface area contributed by atoms with E-state index < -0.39 is 23.5 Å². The van der Waals surface area contributed by atoms with E-state index in [1.165, 1.54) is 5.56 Å². The van der Waals surface area contributed by atoms with Gasteiger partial charge >= 0.3 is 11.9 Å². The molecular formula is C18H26O4. The summed E-state index contributed by atoms with van der Waals surface area (Å²) >= 11 is 0. The van der Waals surface area contributed by atoms with Crippen LogP contribution in [0.15, 0.2) is 30.3 Å². The number of rotatable bonds is 8. The van der Waals surface area contributed by atoms with Gasteiger partial charge in [-0.3, -0.25) is 9.59 Å². The van der Waals surface area contributed by atoms with Gasteiger partial charge in [-0.2, -0.15) is 0 Å². The fourth-order valence-electron chi connectivity index (χ4n) is 2.26. The monoisotopic (exact) mass is 306 g/mol. The minimum atomic E-state index is -0.925. The zero-order chi connectivity index (χ0) is 16.6. The summed E-state index contributed by atoms with van der Waals surface area (Å²) in [5.41, 5.74) is 0.675. The van der Waals surface area contributed by atoms with Crippen molar-refractivity contribution in [1.29, 1.82) is 0 Å². The quantitative estimate of drug-likeness (QED) is 0.585. The first-order chi connectivity index (χ1) is 10.3. The Balaban J connectivity index is 2.35. The van der Waals surface area contributed by atoms with Crippen LogP contribution in [0.1, 0.15) is 52.0 Å². The molecule has 0 unspecified atom stereocenters. The number of hydrogen-bond donors (Lipinski definition) is 1. The van der Waals surface area contributed by atoms with E-state index in [1.807, 2.05) is 18.2 Å². The van der Waals surface area contributed by atoms with Gasteiger partial charge < -0.3 is 9.84 Å². The molecular weight excluding hydrogens is 280 g/mol. The van der Waals surface area contributed by atoms with Gasteiger partial charge in [-0.15, -0.1) is 0 Å². The molecule has 0 spiro atoms. The highest BCUT2D eigenvalue weighted by atomic mass is 16.6. The van der Waals surface area contributed by atoms with E-state index in [4.69, 9.17) is 4.74 Å². The number of carbonyl (C=O) groups is 2. The third kappa shape index (κ3) is 7.81. The van der Waals surface area contributed by atoms with Crippen molar-refractivity contribution >= 4 is 11.9 Å². The normalized spacial score (nSPS) is 12.7. The SMILES string of the molecule is CC(C)(C)OC(=O)C[C@H](CCCCc1ccccc1)C(=O)O. The molecule has 0 heterocycles. The molecule has 4 heteroatoms. The number of aryl methyl sites for hydroxylation is 1. The summed E-state index contributed by atoms with van der Waals surface area (Å²) in [4.78, 5) is 23.0. The second-order valence-corrected chi connectivity index (χ2v) is 6.56. The number of carboxylic acids is 1. The molecule has 122 valence electrons.